The second-order valence-corrected chi connectivity index (χ2v) is 13.8. The van der Waals surface area contributed by atoms with Gasteiger partial charge >= 0.3 is 11.9 Å². The molecule has 0 saturated carbocycles. The van der Waals surface area contributed by atoms with Crippen LogP contribution in [-0.4, -0.2) is 22.2 Å². The number of aryl methyl sites for hydroxylation is 2. The number of rotatable bonds is 13. The molecule has 6 aromatic carbocycles. The Bertz CT molecular complexity index is 2550. The molecule has 0 amide bonds. The van der Waals surface area contributed by atoms with Crippen LogP contribution >= 0.6 is 0 Å². The minimum absolute atomic E-state index is 0.317. The van der Waals surface area contributed by atoms with Crippen LogP contribution in [0.25, 0.3) is 48.6 Å². The Balaban J connectivity index is 1.24. The van der Waals surface area contributed by atoms with Crippen molar-refractivity contribution in [2.24, 2.45) is 0 Å². The first-order valence-corrected chi connectivity index (χ1v) is 18.7. The summed E-state index contributed by atoms with van der Waals surface area (Å²) in [5, 5.41) is 36.4. The smallest absolute Gasteiger partial charge is 0.346 e. The molecule has 0 bridgehead atoms. The molecule has 6 aromatic rings. The third kappa shape index (κ3) is 11.2. The fourth-order valence-corrected chi connectivity index (χ4v) is 6.36. The van der Waals surface area contributed by atoms with Crippen molar-refractivity contribution in [3.63, 3.8) is 0 Å². The lowest BCUT2D eigenvalue weighted by Gasteiger charge is -2.26. The van der Waals surface area contributed by atoms with Gasteiger partial charge in [-0.1, -0.05) is 151 Å². The Hall–Kier alpha value is -8.26. The second-order valence-electron chi connectivity index (χ2n) is 13.8. The van der Waals surface area contributed by atoms with Gasteiger partial charge in [0.25, 0.3) is 0 Å². The predicted octanol–water partition coefficient (Wildman–Crippen LogP) is 12.3. The quantitative estimate of drug-likeness (QED) is 0.0680. The first kappa shape index (κ1) is 40.4. The van der Waals surface area contributed by atoms with Crippen molar-refractivity contribution in [3.8, 4) is 12.1 Å². The van der Waals surface area contributed by atoms with Gasteiger partial charge in [-0.3, -0.25) is 0 Å². The molecule has 0 atom stereocenters. The molecule has 7 heteroatoms. The van der Waals surface area contributed by atoms with E-state index in [-0.39, 0.29) is 11.1 Å². The van der Waals surface area contributed by atoms with Crippen LogP contribution in [0.5, 0.6) is 0 Å². The number of nitrogens with zero attached hydrogens (tertiary/aromatic N) is 3. The average Bonchev–Trinajstić information content (AvgIpc) is 3.24. The van der Waals surface area contributed by atoms with Gasteiger partial charge in [0.15, 0.2) is 0 Å². The molecular weight excluding hydrogens is 731 g/mol. The number of carbonyl (C=O) groups is 2. The number of hydrogen-bond acceptors (Lipinski definition) is 5. The highest BCUT2D eigenvalue weighted by Gasteiger charge is 2.13. The van der Waals surface area contributed by atoms with Crippen molar-refractivity contribution in [1.29, 1.82) is 10.5 Å². The van der Waals surface area contributed by atoms with Crippen molar-refractivity contribution >= 4 is 77.6 Å². The summed E-state index contributed by atoms with van der Waals surface area (Å²) in [6, 6.07) is 49.6. The Kier molecular flexibility index (Phi) is 13.1. The molecule has 0 fully saturated rings. The van der Waals surface area contributed by atoms with Crippen LogP contribution in [0.15, 0.2) is 151 Å². The summed E-state index contributed by atoms with van der Waals surface area (Å²) in [6.45, 7) is 4.21. The van der Waals surface area contributed by atoms with E-state index in [1.54, 1.807) is 36.4 Å². The van der Waals surface area contributed by atoms with E-state index in [0.717, 1.165) is 50.4 Å². The molecule has 0 radical (unpaired) electrons. The van der Waals surface area contributed by atoms with Gasteiger partial charge in [0.2, 0.25) is 0 Å². The van der Waals surface area contributed by atoms with Gasteiger partial charge in [-0.2, -0.15) is 10.5 Å². The highest BCUT2D eigenvalue weighted by atomic mass is 16.4. The Labute approximate surface area is 344 Å². The van der Waals surface area contributed by atoms with E-state index in [9.17, 15) is 9.59 Å². The van der Waals surface area contributed by atoms with Crippen LogP contribution in [0.4, 0.5) is 17.1 Å². The third-order valence-corrected chi connectivity index (χ3v) is 9.30. The lowest BCUT2D eigenvalue weighted by Crippen LogP contribution is -2.09. The first-order chi connectivity index (χ1) is 28.6. The number of aliphatic carboxylic acids is 2. The molecule has 2 N–H and O–H groups in total. The number of carboxylic acids is 2. The van der Waals surface area contributed by atoms with Gasteiger partial charge in [0.05, 0.1) is 0 Å². The normalized spacial score (nSPS) is 11.8. The monoisotopic (exact) mass is 769 g/mol. The lowest BCUT2D eigenvalue weighted by atomic mass is 10.1. The van der Waals surface area contributed by atoms with Gasteiger partial charge in [0.1, 0.15) is 23.3 Å². The summed E-state index contributed by atoms with van der Waals surface area (Å²) in [6.07, 6.45) is 14.9. The van der Waals surface area contributed by atoms with Crippen molar-refractivity contribution < 1.29 is 19.8 Å². The molecule has 0 aliphatic carbocycles. The maximum absolute atomic E-state index is 11.2. The highest BCUT2D eigenvalue weighted by molar-refractivity contribution is 5.97. The van der Waals surface area contributed by atoms with Crippen molar-refractivity contribution in [2.75, 3.05) is 4.90 Å². The van der Waals surface area contributed by atoms with Gasteiger partial charge in [-0.25, -0.2) is 9.59 Å². The van der Waals surface area contributed by atoms with E-state index >= 15 is 0 Å². The van der Waals surface area contributed by atoms with Gasteiger partial charge in [-0.15, -0.1) is 0 Å². The summed E-state index contributed by atoms with van der Waals surface area (Å²) in [4.78, 5) is 24.6. The Morgan fingerprint density at radius 3 is 0.949 bits per heavy atom. The standard InChI is InChI=1S/C52H39N3O4/c1-36-29-37(2)31-45(30-36)16-11-42-21-27-50(28-22-42)55(48-23-17-40(18-24-48)5-3-38-7-12-43(13-8-38)32-46(34-53)51(56)57)49-25-19-41(20-26-49)6-4-39-9-14-44(15-10-39)33-47(35-54)52(58)59/h3-33H,1-2H3,(H,56,57)(H,58,59)/b5-3+,6-4+,16-11+,46-32+,47-33+. The van der Waals surface area contributed by atoms with Crippen molar-refractivity contribution in [3.05, 3.63) is 206 Å². The zero-order valence-electron chi connectivity index (χ0n) is 32.5. The van der Waals surface area contributed by atoms with E-state index in [0.29, 0.717) is 11.1 Å². The SMILES string of the molecule is Cc1cc(C)cc(/C=C/c2ccc(N(c3ccc(/C=C/c4ccc(/C=C(\C#N)C(=O)O)cc4)cc3)c3ccc(/C=C/c4ccc(/C=C(\C#N)C(=O)O)cc4)cc3)cc2)c1. The molecule has 0 unspecified atom stereocenters. The first-order valence-electron chi connectivity index (χ1n) is 18.7. The summed E-state index contributed by atoms with van der Waals surface area (Å²) in [5.74, 6) is -2.51. The fourth-order valence-electron chi connectivity index (χ4n) is 6.36. The topological polar surface area (TPSA) is 125 Å². The third-order valence-electron chi connectivity index (χ3n) is 9.30. The molecule has 59 heavy (non-hydrogen) atoms. The summed E-state index contributed by atoms with van der Waals surface area (Å²) >= 11 is 0. The maximum Gasteiger partial charge on any atom is 0.346 e. The molecule has 0 heterocycles. The summed E-state index contributed by atoms with van der Waals surface area (Å²) < 4.78 is 0. The van der Waals surface area contributed by atoms with Crippen molar-refractivity contribution in [1.82, 2.24) is 0 Å². The van der Waals surface area contributed by atoms with E-state index < -0.39 is 11.9 Å². The van der Waals surface area contributed by atoms with Crippen LogP contribution in [0.3, 0.4) is 0 Å². The molecule has 0 aromatic heterocycles. The molecule has 0 aliphatic heterocycles. The number of hydrogen-bond donors (Lipinski definition) is 2. The number of benzene rings is 6. The van der Waals surface area contributed by atoms with Crippen LogP contribution in [0.1, 0.15) is 55.6 Å². The minimum Gasteiger partial charge on any atom is -0.477 e. The average molecular weight is 770 g/mol. The molecule has 0 spiro atoms. The molecule has 286 valence electrons. The van der Waals surface area contributed by atoms with Gasteiger partial charge < -0.3 is 15.1 Å². The summed E-state index contributed by atoms with van der Waals surface area (Å²) in [5.41, 5.74) is 12.1. The van der Waals surface area contributed by atoms with Crippen LogP contribution in [0, 0.1) is 36.5 Å². The Morgan fingerprint density at radius 1 is 0.424 bits per heavy atom. The molecule has 0 aliphatic rings. The minimum atomic E-state index is -1.26. The van der Waals surface area contributed by atoms with Crippen LogP contribution in [-0.2, 0) is 9.59 Å². The largest absolute Gasteiger partial charge is 0.477 e. The highest BCUT2D eigenvalue weighted by Crippen LogP contribution is 2.35. The van der Waals surface area contributed by atoms with E-state index in [1.165, 1.54) is 23.3 Å². The van der Waals surface area contributed by atoms with Crippen LogP contribution in [0.2, 0.25) is 0 Å². The summed E-state index contributed by atoms with van der Waals surface area (Å²) in [7, 11) is 0. The van der Waals surface area contributed by atoms with Crippen molar-refractivity contribution in [2.45, 2.75) is 13.8 Å². The second kappa shape index (κ2) is 19.1. The van der Waals surface area contributed by atoms with Crippen LogP contribution < -0.4 is 4.90 Å². The van der Waals surface area contributed by atoms with E-state index in [2.05, 4.69) is 122 Å². The zero-order chi connectivity index (χ0) is 41.7. The molecular formula is C52H39N3O4. The van der Waals surface area contributed by atoms with E-state index in [1.807, 2.05) is 48.6 Å². The Morgan fingerprint density at radius 2 is 0.678 bits per heavy atom. The molecule has 6 rings (SSSR count). The maximum atomic E-state index is 11.2. The zero-order valence-corrected chi connectivity index (χ0v) is 32.5. The van der Waals surface area contributed by atoms with Gasteiger partial charge in [0, 0.05) is 17.1 Å². The predicted molar refractivity (Wildman–Crippen MR) is 239 cm³/mol. The number of anilines is 3. The number of carboxylic acid groups (broad SMARTS) is 2. The number of nitriles is 2. The van der Waals surface area contributed by atoms with E-state index in [4.69, 9.17) is 20.7 Å². The molecule has 0 saturated heterocycles. The van der Waals surface area contributed by atoms with Gasteiger partial charge in [-0.05, 0) is 107 Å². The lowest BCUT2D eigenvalue weighted by molar-refractivity contribution is -0.133. The fraction of sp³-hybridized carbons (Fsp3) is 0.0385. The molecule has 7 nitrogen and oxygen atoms in total.